The lowest BCUT2D eigenvalue weighted by molar-refractivity contribution is -0.151. The highest BCUT2D eigenvalue weighted by Gasteiger charge is 2.24. The minimum absolute atomic E-state index is 0.440. The molecule has 0 aromatic carbocycles. The van der Waals surface area contributed by atoms with E-state index in [1.165, 1.54) is 0 Å². The molecule has 0 aromatic heterocycles. The van der Waals surface area contributed by atoms with Crippen molar-refractivity contribution in [1.82, 2.24) is 9.96 Å². The van der Waals surface area contributed by atoms with E-state index in [0.717, 1.165) is 13.1 Å². The van der Waals surface area contributed by atoms with Crippen LogP contribution >= 0.6 is 0 Å². The third kappa shape index (κ3) is 1.23. The molecule has 1 rings (SSSR count). The summed E-state index contributed by atoms with van der Waals surface area (Å²) in [6.45, 7) is 4.26. The molecule has 0 aromatic rings. The quantitative estimate of drug-likeness (QED) is 0.502. The first-order valence-corrected chi connectivity index (χ1v) is 3.26. The highest BCUT2D eigenvalue weighted by Crippen LogP contribution is 2.09. The smallest absolute Gasteiger partial charge is 0.0838 e. The predicted molar refractivity (Wildman–Crippen MR) is 35.8 cm³/mol. The van der Waals surface area contributed by atoms with Crippen molar-refractivity contribution in [1.29, 1.82) is 0 Å². The fourth-order valence-electron chi connectivity index (χ4n) is 1.09. The van der Waals surface area contributed by atoms with Crippen molar-refractivity contribution < 1.29 is 4.84 Å². The van der Waals surface area contributed by atoms with Crippen LogP contribution in [0.2, 0.25) is 0 Å². The van der Waals surface area contributed by atoms with Gasteiger partial charge < -0.3 is 4.84 Å². The van der Waals surface area contributed by atoms with Crippen molar-refractivity contribution in [2.45, 2.75) is 13.1 Å². The van der Waals surface area contributed by atoms with Crippen LogP contribution in [0.1, 0.15) is 6.92 Å². The van der Waals surface area contributed by atoms with Gasteiger partial charge in [-0.15, -0.1) is 0 Å². The molecule has 0 radical (unpaired) electrons. The van der Waals surface area contributed by atoms with Crippen molar-refractivity contribution in [2.24, 2.45) is 0 Å². The van der Waals surface area contributed by atoms with Gasteiger partial charge in [0.2, 0.25) is 0 Å². The molecule has 0 aliphatic carbocycles. The van der Waals surface area contributed by atoms with E-state index >= 15 is 0 Å². The van der Waals surface area contributed by atoms with Gasteiger partial charge in [0, 0.05) is 13.1 Å². The minimum atomic E-state index is 0.440. The maximum absolute atomic E-state index is 5.09. The summed E-state index contributed by atoms with van der Waals surface area (Å²) in [5, 5.41) is 1.97. The predicted octanol–water partition coefficient (Wildman–Crippen LogP) is 0.141. The standard InChI is InChI=1S/C6H14N2O/c1-6-7(2)4-5-8(6)9-3/h6H,4-5H2,1-3H3. The third-order valence-electron chi connectivity index (χ3n) is 1.96. The van der Waals surface area contributed by atoms with Gasteiger partial charge in [0.05, 0.1) is 13.3 Å². The molecule has 0 bridgehead atoms. The Hall–Kier alpha value is -0.120. The van der Waals surface area contributed by atoms with Crippen LogP contribution in [0.4, 0.5) is 0 Å². The normalized spacial score (nSPS) is 31.7. The first kappa shape index (κ1) is 6.99. The summed E-state index contributed by atoms with van der Waals surface area (Å²) in [7, 11) is 3.82. The molecule has 1 aliphatic rings. The molecule has 9 heavy (non-hydrogen) atoms. The largest absolute Gasteiger partial charge is 0.301 e. The number of hydrogen-bond acceptors (Lipinski definition) is 3. The molecule has 0 amide bonds. The molecule has 3 heteroatoms. The van der Waals surface area contributed by atoms with E-state index in [1.54, 1.807) is 7.11 Å². The molecule has 1 aliphatic heterocycles. The second kappa shape index (κ2) is 2.64. The molecule has 0 N–H and O–H groups in total. The van der Waals surface area contributed by atoms with Crippen molar-refractivity contribution in [2.75, 3.05) is 27.2 Å². The van der Waals surface area contributed by atoms with Crippen LogP contribution in [0.5, 0.6) is 0 Å². The topological polar surface area (TPSA) is 15.7 Å². The average molecular weight is 130 g/mol. The molecular weight excluding hydrogens is 116 g/mol. The van der Waals surface area contributed by atoms with Gasteiger partial charge in [0.1, 0.15) is 0 Å². The summed E-state index contributed by atoms with van der Waals surface area (Å²) in [6.07, 6.45) is 0.440. The Bertz CT molecular complexity index is 97.1. The number of rotatable bonds is 1. The molecule has 3 nitrogen and oxygen atoms in total. The minimum Gasteiger partial charge on any atom is -0.301 e. The highest BCUT2D eigenvalue weighted by atomic mass is 16.7. The number of likely N-dealkylation sites (N-methyl/N-ethyl adjacent to an activating group) is 1. The van der Waals surface area contributed by atoms with Gasteiger partial charge in [0.15, 0.2) is 0 Å². The molecule has 0 saturated carbocycles. The fourth-order valence-corrected chi connectivity index (χ4v) is 1.09. The lowest BCUT2D eigenvalue weighted by Gasteiger charge is -2.21. The van der Waals surface area contributed by atoms with Crippen LogP contribution < -0.4 is 0 Å². The molecule has 54 valence electrons. The van der Waals surface area contributed by atoms with Gasteiger partial charge >= 0.3 is 0 Å². The van der Waals surface area contributed by atoms with Gasteiger partial charge in [-0.1, -0.05) is 0 Å². The Balaban J connectivity index is 2.41. The van der Waals surface area contributed by atoms with Crippen LogP contribution in [-0.2, 0) is 4.84 Å². The Morgan fingerprint density at radius 1 is 1.44 bits per heavy atom. The second-order valence-electron chi connectivity index (χ2n) is 2.44. The van der Waals surface area contributed by atoms with Crippen molar-refractivity contribution in [3.8, 4) is 0 Å². The number of nitrogens with zero attached hydrogens (tertiary/aromatic N) is 2. The van der Waals surface area contributed by atoms with Crippen LogP contribution in [0.3, 0.4) is 0 Å². The van der Waals surface area contributed by atoms with E-state index in [2.05, 4.69) is 18.9 Å². The summed E-state index contributed by atoms with van der Waals surface area (Å²) < 4.78 is 0. The van der Waals surface area contributed by atoms with E-state index in [0.29, 0.717) is 6.17 Å². The Morgan fingerprint density at radius 3 is 2.33 bits per heavy atom. The van der Waals surface area contributed by atoms with Crippen LogP contribution in [0, 0.1) is 0 Å². The van der Waals surface area contributed by atoms with Gasteiger partial charge in [-0.2, -0.15) is 5.06 Å². The van der Waals surface area contributed by atoms with E-state index in [1.807, 2.05) is 5.06 Å². The molecule has 1 atom stereocenters. The van der Waals surface area contributed by atoms with Crippen molar-refractivity contribution in [3.63, 3.8) is 0 Å². The lowest BCUT2D eigenvalue weighted by atomic mass is 10.5. The molecule has 0 spiro atoms. The van der Waals surface area contributed by atoms with Gasteiger partial charge in [-0.25, -0.2) is 0 Å². The summed E-state index contributed by atoms with van der Waals surface area (Å²) in [6, 6.07) is 0. The summed E-state index contributed by atoms with van der Waals surface area (Å²) in [5.41, 5.74) is 0. The van der Waals surface area contributed by atoms with Crippen LogP contribution in [0.25, 0.3) is 0 Å². The van der Waals surface area contributed by atoms with E-state index in [-0.39, 0.29) is 0 Å². The second-order valence-corrected chi connectivity index (χ2v) is 2.44. The van der Waals surface area contributed by atoms with E-state index in [9.17, 15) is 0 Å². The summed E-state index contributed by atoms with van der Waals surface area (Å²) >= 11 is 0. The van der Waals surface area contributed by atoms with Gasteiger partial charge in [-0.05, 0) is 14.0 Å². The third-order valence-corrected chi connectivity index (χ3v) is 1.96. The Kier molecular flexibility index (Phi) is 2.05. The average Bonchev–Trinajstić information content (AvgIpc) is 2.15. The van der Waals surface area contributed by atoms with Gasteiger partial charge in [0.25, 0.3) is 0 Å². The van der Waals surface area contributed by atoms with Crippen LogP contribution in [0.15, 0.2) is 0 Å². The van der Waals surface area contributed by atoms with Crippen molar-refractivity contribution >= 4 is 0 Å². The SMILES string of the molecule is CON1CCN(C)C1C. The molecule has 1 saturated heterocycles. The Morgan fingerprint density at radius 2 is 2.11 bits per heavy atom. The number of hydroxylamine groups is 2. The maximum Gasteiger partial charge on any atom is 0.0838 e. The lowest BCUT2D eigenvalue weighted by Crippen LogP contribution is -2.32. The van der Waals surface area contributed by atoms with E-state index < -0.39 is 0 Å². The molecule has 1 heterocycles. The first-order valence-electron chi connectivity index (χ1n) is 3.26. The van der Waals surface area contributed by atoms with Gasteiger partial charge in [-0.3, -0.25) is 4.90 Å². The zero-order valence-corrected chi connectivity index (χ0v) is 6.29. The zero-order valence-electron chi connectivity index (χ0n) is 6.29. The zero-order chi connectivity index (χ0) is 6.85. The summed E-state index contributed by atoms with van der Waals surface area (Å²) in [5.74, 6) is 0. The van der Waals surface area contributed by atoms with E-state index in [4.69, 9.17) is 4.84 Å². The maximum atomic E-state index is 5.09. The monoisotopic (exact) mass is 130 g/mol. The number of hydrogen-bond donors (Lipinski definition) is 0. The molecule has 1 unspecified atom stereocenters. The molecule has 1 fully saturated rings. The van der Waals surface area contributed by atoms with Crippen molar-refractivity contribution in [3.05, 3.63) is 0 Å². The summed E-state index contributed by atoms with van der Waals surface area (Å²) in [4.78, 5) is 7.34. The fraction of sp³-hybridized carbons (Fsp3) is 1.00. The first-order chi connectivity index (χ1) is 4.25. The molecular formula is C6H14N2O. The Labute approximate surface area is 56.1 Å². The highest BCUT2D eigenvalue weighted by molar-refractivity contribution is 4.69. The van der Waals surface area contributed by atoms with Crippen LogP contribution in [-0.4, -0.2) is 43.4 Å².